The molecule has 8 heteroatoms. The first-order chi connectivity index (χ1) is 13.5. The molecular weight excluding hydrogens is 378 g/mol. The first-order valence-corrected chi connectivity index (χ1v) is 8.94. The van der Waals surface area contributed by atoms with E-state index < -0.39 is 5.69 Å². The molecule has 0 unspecified atom stereocenters. The maximum Gasteiger partial charge on any atom is 0.340 e. The number of hydrogen-bond donors (Lipinski definition) is 2. The maximum absolute atomic E-state index is 13.2. The van der Waals surface area contributed by atoms with Crippen molar-refractivity contribution in [3.05, 3.63) is 81.5 Å². The van der Waals surface area contributed by atoms with Crippen LogP contribution in [0.3, 0.4) is 0 Å². The summed E-state index contributed by atoms with van der Waals surface area (Å²) in [5, 5.41) is 7.34. The smallest absolute Gasteiger partial charge is 0.334 e. The maximum atomic E-state index is 13.2. The molecule has 0 spiro atoms. The average Bonchev–Trinajstić information content (AvgIpc) is 3.11. The second-order valence-corrected chi connectivity index (χ2v) is 6.80. The minimum Gasteiger partial charge on any atom is -0.334 e. The Morgan fingerprint density at radius 1 is 1.14 bits per heavy atom. The fourth-order valence-corrected chi connectivity index (χ4v) is 3.19. The van der Waals surface area contributed by atoms with E-state index in [0.29, 0.717) is 33.0 Å². The van der Waals surface area contributed by atoms with Crippen molar-refractivity contribution < 1.29 is 4.79 Å². The predicted molar refractivity (Wildman–Crippen MR) is 107 cm³/mol. The molecule has 2 aromatic heterocycles. The molecule has 4 rings (SSSR count). The van der Waals surface area contributed by atoms with Crippen LogP contribution in [0.2, 0.25) is 5.02 Å². The number of fused-ring (bicyclic) bond motifs is 1. The third-order valence-electron chi connectivity index (χ3n) is 4.35. The van der Waals surface area contributed by atoms with Crippen molar-refractivity contribution in [2.45, 2.75) is 6.54 Å². The van der Waals surface area contributed by atoms with E-state index in [2.05, 4.69) is 20.2 Å². The highest BCUT2D eigenvalue weighted by Crippen LogP contribution is 2.28. The lowest BCUT2D eigenvalue weighted by Crippen LogP contribution is -2.27. The molecule has 2 heterocycles. The van der Waals surface area contributed by atoms with Gasteiger partial charge >= 0.3 is 5.69 Å². The number of pyridine rings is 1. The fourth-order valence-electron chi connectivity index (χ4n) is 3.01. The molecule has 0 fully saturated rings. The third-order valence-corrected chi connectivity index (χ3v) is 4.59. The van der Waals surface area contributed by atoms with Gasteiger partial charge in [-0.3, -0.25) is 9.78 Å². The summed E-state index contributed by atoms with van der Waals surface area (Å²) in [6.45, 7) is 0.155. The lowest BCUT2D eigenvalue weighted by molar-refractivity contribution is 0.0783. The summed E-state index contributed by atoms with van der Waals surface area (Å²) in [4.78, 5) is 33.1. The Balaban J connectivity index is 1.80. The van der Waals surface area contributed by atoms with Crippen LogP contribution < -0.4 is 5.69 Å². The lowest BCUT2D eigenvalue weighted by atomic mass is 10.0. The van der Waals surface area contributed by atoms with E-state index in [1.807, 2.05) is 30.3 Å². The minimum absolute atomic E-state index is 0.155. The highest BCUT2D eigenvalue weighted by Gasteiger charge is 2.19. The summed E-state index contributed by atoms with van der Waals surface area (Å²) in [7, 11) is 1.65. The zero-order chi connectivity index (χ0) is 19.7. The van der Waals surface area contributed by atoms with Gasteiger partial charge in [0.25, 0.3) is 5.91 Å². The number of carbonyl (C=O) groups is 1. The third kappa shape index (κ3) is 3.52. The van der Waals surface area contributed by atoms with E-state index in [1.54, 1.807) is 31.3 Å². The Bertz CT molecular complexity index is 1220. The first kappa shape index (κ1) is 17.9. The number of aromatic amines is 2. The van der Waals surface area contributed by atoms with E-state index in [4.69, 9.17) is 11.6 Å². The topological polar surface area (TPSA) is 94.7 Å². The van der Waals surface area contributed by atoms with Crippen molar-refractivity contribution in [3.8, 4) is 11.3 Å². The molecule has 7 nitrogen and oxygen atoms in total. The highest BCUT2D eigenvalue weighted by atomic mass is 35.5. The molecule has 0 atom stereocenters. The second-order valence-electron chi connectivity index (χ2n) is 6.37. The van der Waals surface area contributed by atoms with E-state index in [-0.39, 0.29) is 12.5 Å². The highest BCUT2D eigenvalue weighted by molar-refractivity contribution is 6.31. The van der Waals surface area contributed by atoms with E-state index in [9.17, 15) is 9.59 Å². The van der Waals surface area contributed by atoms with Crippen LogP contribution in [0, 0.1) is 0 Å². The van der Waals surface area contributed by atoms with Gasteiger partial charge in [-0.2, -0.15) is 5.10 Å². The first-order valence-electron chi connectivity index (χ1n) is 8.56. The van der Waals surface area contributed by atoms with Crippen molar-refractivity contribution in [2.24, 2.45) is 0 Å². The van der Waals surface area contributed by atoms with Gasteiger partial charge in [0.05, 0.1) is 23.3 Å². The minimum atomic E-state index is -0.414. The summed E-state index contributed by atoms with van der Waals surface area (Å²) < 4.78 is 0. The van der Waals surface area contributed by atoms with Crippen molar-refractivity contribution in [1.82, 2.24) is 25.1 Å². The molecule has 1 amide bonds. The normalized spacial score (nSPS) is 10.9. The molecule has 0 aliphatic heterocycles. The van der Waals surface area contributed by atoms with Gasteiger partial charge in [0.1, 0.15) is 0 Å². The second kappa shape index (κ2) is 7.28. The lowest BCUT2D eigenvalue weighted by Gasteiger charge is -2.17. The Hall–Kier alpha value is -3.45. The van der Waals surface area contributed by atoms with Gasteiger partial charge in [-0.1, -0.05) is 41.9 Å². The average molecular weight is 394 g/mol. The van der Waals surface area contributed by atoms with Gasteiger partial charge < -0.3 is 4.90 Å². The molecule has 2 aromatic carbocycles. The van der Waals surface area contributed by atoms with E-state index >= 15 is 0 Å². The number of H-pyrrole nitrogens is 2. The van der Waals surface area contributed by atoms with Crippen LogP contribution in [0.4, 0.5) is 0 Å². The van der Waals surface area contributed by atoms with Gasteiger partial charge in [-0.25, -0.2) is 14.9 Å². The van der Waals surface area contributed by atoms with Crippen molar-refractivity contribution in [1.29, 1.82) is 0 Å². The van der Waals surface area contributed by atoms with E-state index in [0.717, 1.165) is 5.56 Å². The summed E-state index contributed by atoms with van der Waals surface area (Å²) in [5.74, 6) is 0.149. The molecule has 140 valence electrons. The van der Waals surface area contributed by atoms with Gasteiger partial charge in [0, 0.05) is 23.0 Å². The van der Waals surface area contributed by atoms with Gasteiger partial charge in [-0.05, 0) is 24.3 Å². The molecule has 0 aliphatic carbocycles. The zero-order valence-electron chi connectivity index (χ0n) is 14.9. The number of aromatic nitrogens is 4. The van der Waals surface area contributed by atoms with Crippen molar-refractivity contribution in [2.75, 3.05) is 7.05 Å². The molecule has 0 radical (unpaired) electrons. The standard InChI is InChI=1S/C20H16ClN5O2/c1-26(11-18-23-20(28)25-24-18)19(27)15-10-17(12-5-3-2-4-6-12)22-16-8-7-13(21)9-14(15)16/h2-10H,11H2,1H3,(H2,23,24,25,28). The Kier molecular flexibility index (Phi) is 4.67. The molecule has 2 N–H and O–H groups in total. The van der Waals surface area contributed by atoms with Crippen LogP contribution in [-0.2, 0) is 6.54 Å². The molecule has 4 aromatic rings. The van der Waals surface area contributed by atoms with Gasteiger partial charge in [0.2, 0.25) is 0 Å². The van der Waals surface area contributed by atoms with Crippen molar-refractivity contribution >= 4 is 28.4 Å². The monoisotopic (exact) mass is 393 g/mol. The molecule has 0 saturated heterocycles. The number of amides is 1. The SMILES string of the molecule is CN(Cc1n[nH]c(=O)[nH]1)C(=O)c1cc(-c2ccccc2)nc2ccc(Cl)cc12. The Labute approximate surface area is 165 Å². The Morgan fingerprint density at radius 3 is 2.64 bits per heavy atom. The molecular formula is C20H16ClN5O2. The van der Waals surface area contributed by atoms with Crippen molar-refractivity contribution in [3.63, 3.8) is 0 Å². The summed E-state index contributed by atoms with van der Waals surface area (Å²) >= 11 is 6.16. The van der Waals surface area contributed by atoms with Crippen LogP contribution >= 0.6 is 11.6 Å². The molecule has 0 saturated carbocycles. The number of hydrogen-bond acceptors (Lipinski definition) is 4. The van der Waals surface area contributed by atoms with Crippen LogP contribution in [0.15, 0.2) is 59.4 Å². The summed E-state index contributed by atoms with van der Waals surface area (Å²) in [6.07, 6.45) is 0. The number of carbonyl (C=O) groups excluding carboxylic acids is 1. The number of rotatable bonds is 4. The van der Waals surface area contributed by atoms with E-state index in [1.165, 1.54) is 4.90 Å². The molecule has 0 aliphatic rings. The summed E-state index contributed by atoms with van der Waals surface area (Å²) in [6, 6.07) is 16.7. The van der Waals surface area contributed by atoms with Crippen LogP contribution in [0.5, 0.6) is 0 Å². The number of nitrogens with zero attached hydrogens (tertiary/aromatic N) is 3. The Morgan fingerprint density at radius 2 is 1.93 bits per heavy atom. The van der Waals surface area contributed by atoms with Crippen LogP contribution in [0.1, 0.15) is 16.2 Å². The fraction of sp³-hybridized carbons (Fsp3) is 0.100. The van der Waals surface area contributed by atoms with Gasteiger partial charge in [-0.15, -0.1) is 0 Å². The predicted octanol–water partition coefficient (Wildman–Crippen LogP) is 3.24. The molecule has 0 bridgehead atoms. The quantitative estimate of drug-likeness (QED) is 0.556. The number of halogens is 1. The number of nitrogens with one attached hydrogen (secondary N) is 2. The summed E-state index contributed by atoms with van der Waals surface area (Å²) in [5.41, 5.74) is 2.35. The largest absolute Gasteiger partial charge is 0.340 e. The van der Waals surface area contributed by atoms with Crippen LogP contribution in [0.25, 0.3) is 22.2 Å². The van der Waals surface area contributed by atoms with Crippen LogP contribution in [-0.4, -0.2) is 38.0 Å². The number of benzene rings is 2. The zero-order valence-corrected chi connectivity index (χ0v) is 15.7. The molecule has 28 heavy (non-hydrogen) atoms. The van der Waals surface area contributed by atoms with Gasteiger partial charge in [0.15, 0.2) is 5.82 Å².